The zero-order valence-electron chi connectivity index (χ0n) is 10.9. The third-order valence-electron chi connectivity index (χ3n) is 3.72. The predicted octanol–water partition coefficient (Wildman–Crippen LogP) is 2.62. The second-order valence-corrected chi connectivity index (χ2v) is 5.86. The molecule has 1 atom stereocenters. The fraction of sp³-hybridized carbons (Fsp3) is 0.467. The van der Waals surface area contributed by atoms with Gasteiger partial charge in [-0.25, -0.2) is 0 Å². The van der Waals surface area contributed by atoms with Crippen molar-refractivity contribution < 1.29 is 4.74 Å². The van der Waals surface area contributed by atoms with E-state index in [1.807, 2.05) is 0 Å². The lowest BCUT2D eigenvalue weighted by Gasteiger charge is -2.32. The highest BCUT2D eigenvalue weighted by Gasteiger charge is 2.19. The van der Waals surface area contributed by atoms with Crippen LogP contribution in [0.1, 0.15) is 12.0 Å². The molecule has 4 heteroatoms. The van der Waals surface area contributed by atoms with Gasteiger partial charge in [0, 0.05) is 41.9 Å². The van der Waals surface area contributed by atoms with Crippen LogP contribution in [0.5, 0.6) is 0 Å². The summed E-state index contributed by atoms with van der Waals surface area (Å²) in [6.45, 7) is 4.82. The fourth-order valence-electron chi connectivity index (χ4n) is 2.67. The molecule has 1 aromatic carbocycles. The van der Waals surface area contributed by atoms with E-state index in [0.717, 1.165) is 39.2 Å². The third kappa shape index (κ3) is 3.02. The highest BCUT2D eigenvalue weighted by Crippen LogP contribution is 2.34. The Bertz CT molecular complexity index is 469. The van der Waals surface area contributed by atoms with E-state index in [9.17, 15) is 0 Å². The van der Waals surface area contributed by atoms with Gasteiger partial charge in [-0.2, -0.15) is 0 Å². The Morgan fingerprint density at radius 2 is 2.26 bits per heavy atom. The summed E-state index contributed by atoms with van der Waals surface area (Å²) in [6.07, 6.45) is 3.67. The summed E-state index contributed by atoms with van der Waals surface area (Å²) in [5, 5.41) is 3.39. The van der Waals surface area contributed by atoms with Crippen LogP contribution in [0.2, 0.25) is 0 Å². The molecule has 0 radical (unpaired) electrons. The van der Waals surface area contributed by atoms with Gasteiger partial charge in [-0.05, 0) is 12.5 Å². The number of ether oxygens (including phenoxy) is 1. The number of para-hydroxylation sites is 1. The summed E-state index contributed by atoms with van der Waals surface area (Å²) in [6, 6.07) is 8.56. The highest BCUT2D eigenvalue weighted by atomic mass is 79.9. The average Bonchev–Trinajstić information content (AvgIpc) is 2.48. The molecule has 3 rings (SSSR count). The molecule has 1 saturated heterocycles. The maximum Gasteiger partial charge on any atom is 0.0716 e. The van der Waals surface area contributed by atoms with E-state index in [2.05, 4.69) is 56.5 Å². The molecule has 1 N–H and O–H groups in total. The number of nitrogens with zero attached hydrogens (tertiary/aromatic N) is 1. The van der Waals surface area contributed by atoms with Gasteiger partial charge in [0.25, 0.3) is 0 Å². The van der Waals surface area contributed by atoms with Crippen LogP contribution in [0.15, 0.2) is 30.3 Å². The minimum Gasteiger partial charge on any atom is -0.376 e. The predicted molar refractivity (Wildman–Crippen MR) is 82.8 cm³/mol. The van der Waals surface area contributed by atoms with Crippen molar-refractivity contribution >= 4 is 26.1 Å². The molecule has 2 heterocycles. The summed E-state index contributed by atoms with van der Waals surface area (Å²) in [4.78, 5) is 2.43. The molecule has 0 amide bonds. The molecule has 1 unspecified atom stereocenters. The van der Waals surface area contributed by atoms with E-state index in [0.29, 0.717) is 6.10 Å². The van der Waals surface area contributed by atoms with Gasteiger partial charge in [0.05, 0.1) is 12.7 Å². The van der Waals surface area contributed by atoms with Crippen LogP contribution < -0.4 is 10.2 Å². The normalized spacial score (nSPS) is 22.9. The largest absolute Gasteiger partial charge is 0.376 e. The van der Waals surface area contributed by atoms with Crippen molar-refractivity contribution in [1.82, 2.24) is 5.32 Å². The van der Waals surface area contributed by atoms with Gasteiger partial charge in [0.2, 0.25) is 0 Å². The van der Waals surface area contributed by atoms with Crippen molar-refractivity contribution in [1.29, 1.82) is 0 Å². The topological polar surface area (TPSA) is 24.5 Å². The third-order valence-corrected chi connectivity index (χ3v) is 4.47. The molecule has 0 spiro atoms. The van der Waals surface area contributed by atoms with Gasteiger partial charge < -0.3 is 15.0 Å². The van der Waals surface area contributed by atoms with Gasteiger partial charge in [-0.15, -0.1) is 0 Å². The quantitative estimate of drug-likeness (QED) is 0.925. The molecule has 0 aromatic heterocycles. The highest BCUT2D eigenvalue weighted by molar-refractivity contribution is 9.15. The maximum atomic E-state index is 5.76. The lowest BCUT2D eigenvalue weighted by molar-refractivity contribution is 0.0249. The average molecular weight is 323 g/mol. The van der Waals surface area contributed by atoms with Gasteiger partial charge in [-0.1, -0.05) is 40.2 Å². The molecule has 2 aliphatic rings. The number of hydrogen-bond donors (Lipinski definition) is 1. The van der Waals surface area contributed by atoms with Crippen molar-refractivity contribution in [3.63, 3.8) is 0 Å². The second-order valence-electron chi connectivity index (χ2n) is 5.00. The Balaban J connectivity index is 1.66. The molecule has 19 heavy (non-hydrogen) atoms. The Labute approximate surface area is 122 Å². The minimum atomic E-state index is 0.357. The number of nitrogens with one attached hydrogen (secondary N) is 1. The van der Waals surface area contributed by atoms with Gasteiger partial charge in [0.1, 0.15) is 0 Å². The van der Waals surface area contributed by atoms with Crippen LogP contribution in [-0.2, 0) is 4.74 Å². The number of rotatable bonds is 3. The van der Waals surface area contributed by atoms with Crippen molar-refractivity contribution in [3.8, 4) is 0 Å². The summed E-state index contributed by atoms with van der Waals surface area (Å²) in [5.74, 6) is 0. The first-order valence-corrected chi connectivity index (χ1v) is 7.66. The van der Waals surface area contributed by atoms with Crippen LogP contribution in [0.3, 0.4) is 0 Å². The molecular formula is C15H19BrN2O. The number of morpholine rings is 1. The van der Waals surface area contributed by atoms with Crippen LogP contribution in [0.25, 0.3) is 4.48 Å². The first kappa shape index (κ1) is 13.2. The Morgan fingerprint density at radius 3 is 3.11 bits per heavy atom. The zero-order chi connectivity index (χ0) is 13.1. The van der Waals surface area contributed by atoms with Crippen molar-refractivity contribution in [2.24, 2.45) is 0 Å². The van der Waals surface area contributed by atoms with E-state index in [-0.39, 0.29) is 0 Å². The fourth-order valence-corrected chi connectivity index (χ4v) is 3.15. The standard InChI is InChI=1S/C15H19BrN2O/c16-14-6-9-18(15-4-2-1-3-13(14)15)8-5-12-11-17-7-10-19-12/h1-4,6,12,17H,5,7-11H2. The molecule has 1 fully saturated rings. The molecule has 102 valence electrons. The smallest absolute Gasteiger partial charge is 0.0716 e. The molecular weight excluding hydrogens is 304 g/mol. The Morgan fingerprint density at radius 1 is 1.37 bits per heavy atom. The summed E-state index contributed by atoms with van der Waals surface area (Å²) < 4.78 is 6.97. The van der Waals surface area contributed by atoms with Crippen LogP contribution in [0, 0.1) is 0 Å². The zero-order valence-corrected chi connectivity index (χ0v) is 12.5. The number of hydrogen-bond acceptors (Lipinski definition) is 3. The second kappa shape index (κ2) is 6.07. The van der Waals surface area contributed by atoms with E-state index in [4.69, 9.17) is 4.74 Å². The molecule has 0 bridgehead atoms. The van der Waals surface area contributed by atoms with E-state index in [1.165, 1.54) is 15.7 Å². The molecule has 0 aliphatic carbocycles. The van der Waals surface area contributed by atoms with Gasteiger partial charge >= 0.3 is 0 Å². The van der Waals surface area contributed by atoms with Crippen LogP contribution in [0.4, 0.5) is 5.69 Å². The van der Waals surface area contributed by atoms with E-state index < -0.39 is 0 Å². The molecule has 0 saturated carbocycles. The minimum absolute atomic E-state index is 0.357. The SMILES string of the molecule is BrC1=CCN(CCC2CNCCO2)c2ccccc21. The van der Waals surface area contributed by atoms with Crippen LogP contribution in [-0.4, -0.2) is 38.9 Å². The van der Waals surface area contributed by atoms with E-state index >= 15 is 0 Å². The first-order chi connectivity index (χ1) is 9.34. The molecule has 2 aliphatic heterocycles. The molecule has 3 nitrogen and oxygen atoms in total. The summed E-state index contributed by atoms with van der Waals surface area (Å²) >= 11 is 3.64. The number of benzene rings is 1. The number of halogens is 1. The first-order valence-electron chi connectivity index (χ1n) is 6.87. The van der Waals surface area contributed by atoms with Crippen molar-refractivity contribution in [2.75, 3.05) is 37.7 Å². The lowest BCUT2D eigenvalue weighted by Crippen LogP contribution is -2.40. The van der Waals surface area contributed by atoms with E-state index in [1.54, 1.807) is 0 Å². The summed E-state index contributed by atoms with van der Waals surface area (Å²) in [7, 11) is 0. The summed E-state index contributed by atoms with van der Waals surface area (Å²) in [5.41, 5.74) is 2.61. The lowest BCUT2D eigenvalue weighted by atomic mass is 10.1. The van der Waals surface area contributed by atoms with Crippen LogP contribution >= 0.6 is 15.9 Å². The Kier molecular flexibility index (Phi) is 4.21. The molecule has 1 aromatic rings. The van der Waals surface area contributed by atoms with Crippen molar-refractivity contribution in [2.45, 2.75) is 12.5 Å². The number of fused-ring (bicyclic) bond motifs is 1. The van der Waals surface area contributed by atoms with Gasteiger partial charge in [-0.3, -0.25) is 0 Å². The maximum absolute atomic E-state index is 5.76. The van der Waals surface area contributed by atoms with Gasteiger partial charge in [0.15, 0.2) is 0 Å². The monoisotopic (exact) mass is 322 g/mol. The Hall–Kier alpha value is -0.840. The van der Waals surface area contributed by atoms with Crippen molar-refractivity contribution in [3.05, 3.63) is 35.9 Å². The number of anilines is 1.